The fourth-order valence-electron chi connectivity index (χ4n) is 7.58. The number of hydrogen-bond donors (Lipinski definition) is 13. The average Bonchev–Trinajstić information content (AvgIpc) is 3.37. The van der Waals surface area contributed by atoms with E-state index in [9.17, 15) is 83.1 Å². The molecule has 4 aromatic rings. The van der Waals surface area contributed by atoms with Gasteiger partial charge in [-0.1, -0.05) is 121 Å². The number of amides is 7. The molecule has 0 fully saturated rings. The third-order valence-electron chi connectivity index (χ3n) is 11.4. The van der Waals surface area contributed by atoms with Crippen LogP contribution >= 0.6 is 0 Å². The normalized spacial score (nSPS) is 13.9. The van der Waals surface area contributed by atoms with Gasteiger partial charge in [0.1, 0.15) is 42.3 Å². The minimum atomic E-state index is -2.03. The lowest BCUT2D eigenvalue weighted by Gasteiger charge is -2.27. The highest BCUT2D eigenvalue weighted by molar-refractivity contribution is 6.00. The van der Waals surface area contributed by atoms with Gasteiger partial charge in [-0.2, -0.15) is 0 Å². The summed E-state index contributed by atoms with van der Waals surface area (Å²) in [5, 5.41) is 64.1. The van der Waals surface area contributed by atoms with E-state index in [0.717, 1.165) is 0 Å². The molecular weight excluding hydrogens is 1010 g/mol. The van der Waals surface area contributed by atoms with Crippen molar-refractivity contribution in [2.75, 3.05) is 0 Å². The number of carbonyl (C=O) groups is 12. The van der Waals surface area contributed by atoms with Crippen LogP contribution < -0.4 is 43.0 Å². The first-order chi connectivity index (χ1) is 36.6. The Morgan fingerprint density at radius 3 is 0.766 bits per heavy atom. The van der Waals surface area contributed by atoms with Gasteiger partial charge in [-0.25, -0.2) is 4.79 Å². The maximum absolute atomic E-state index is 14.2. The Hall–Kier alpha value is -9.52. The Morgan fingerprint density at radius 2 is 0.506 bits per heavy atom. The van der Waals surface area contributed by atoms with Crippen LogP contribution in [0, 0.1) is 0 Å². The Bertz CT molecular complexity index is 2730. The smallest absolute Gasteiger partial charge is 0.326 e. The van der Waals surface area contributed by atoms with Crippen molar-refractivity contribution < 1.29 is 83.1 Å². The van der Waals surface area contributed by atoms with Crippen LogP contribution in [-0.2, 0) is 83.2 Å². The maximum atomic E-state index is 14.2. The number of carbonyl (C=O) groups excluding carboxylic acids is 7. The molecule has 0 saturated heterocycles. The molecule has 4 rings (SSSR count). The number of hydrogen-bond acceptors (Lipinski definition) is 13. The van der Waals surface area contributed by atoms with Crippen molar-refractivity contribution >= 4 is 71.2 Å². The van der Waals surface area contributed by atoms with Crippen molar-refractivity contribution in [1.82, 2.24) is 37.2 Å². The quantitative estimate of drug-likeness (QED) is 0.0277. The zero-order valence-electron chi connectivity index (χ0n) is 41.0. The first kappa shape index (κ1) is 60.0. The number of benzene rings is 4. The van der Waals surface area contributed by atoms with Crippen molar-refractivity contribution in [3.05, 3.63) is 144 Å². The van der Waals surface area contributed by atoms with Crippen LogP contribution in [0.25, 0.3) is 0 Å². The molecule has 0 bridgehead atoms. The molecule has 0 aliphatic rings. The molecule has 77 heavy (non-hydrogen) atoms. The molecule has 0 spiro atoms. The molecule has 0 aliphatic carbocycles. The third-order valence-corrected chi connectivity index (χ3v) is 11.4. The zero-order valence-corrected chi connectivity index (χ0v) is 41.0. The van der Waals surface area contributed by atoms with Crippen molar-refractivity contribution in [3.8, 4) is 0 Å². The van der Waals surface area contributed by atoms with Crippen LogP contribution in [0.3, 0.4) is 0 Å². The molecule has 7 amide bonds. The van der Waals surface area contributed by atoms with Gasteiger partial charge in [-0.15, -0.1) is 0 Å². The monoisotopic (exact) mass is 1070 g/mol. The molecule has 0 radical (unpaired) electrons. The van der Waals surface area contributed by atoms with Crippen LogP contribution in [0.4, 0.5) is 0 Å². The zero-order chi connectivity index (χ0) is 56.6. The summed E-state index contributed by atoms with van der Waals surface area (Å²) in [4.78, 5) is 157. The van der Waals surface area contributed by atoms with E-state index in [1.54, 1.807) is 97.1 Å². The molecule has 0 aromatic heterocycles. The number of carboxylic acid groups (broad SMARTS) is 5. The number of aliphatic carboxylic acids is 5. The van der Waals surface area contributed by atoms with E-state index in [0.29, 0.717) is 22.3 Å². The minimum Gasteiger partial charge on any atom is -0.481 e. The Balaban J connectivity index is 1.62. The predicted molar refractivity (Wildman–Crippen MR) is 269 cm³/mol. The molecular formula is C52H58N8O17. The van der Waals surface area contributed by atoms with Gasteiger partial charge in [0.05, 0.1) is 31.7 Å². The van der Waals surface area contributed by atoms with Gasteiger partial charge in [0.25, 0.3) is 0 Å². The standard InChI is InChI=1S/C52H58N8O17/c53-33(21-29-13-5-1-6-14-29)45(69)54-37(25-41(61)62)49(73)55-34(22-30-15-7-2-8-16-30)46(70)58-38(26-42(63)64)50(74)56-35(23-31-17-9-3-10-18-31)47(71)59-39(27-43(65)66)51(75)57-36(24-32-19-11-4-12-20-32)48(72)60-40(52(76)77)28-44(67)68/h1-20,33-40H,21-28,53H2,(H,54,69)(H,55,73)(H,56,74)(H,57,75)(H,58,70)(H,59,71)(H,60,72)(H,61,62)(H,63,64)(H,65,66)(H,67,68)(H,76,77)/t33-,34-,35-,36-,37-,38-,39-,40-/m0/s1. The second-order valence-electron chi connectivity index (χ2n) is 17.5. The van der Waals surface area contributed by atoms with Crippen LogP contribution in [0.2, 0.25) is 0 Å². The highest BCUT2D eigenvalue weighted by Crippen LogP contribution is 2.11. The largest absolute Gasteiger partial charge is 0.481 e. The molecule has 25 nitrogen and oxygen atoms in total. The lowest BCUT2D eigenvalue weighted by atomic mass is 10.0. The number of carboxylic acids is 5. The summed E-state index contributed by atoms with van der Waals surface area (Å²) in [5.74, 6) is -16.4. The van der Waals surface area contributed by atoms with Crippen molar-refractivity contribution in [2.45, 2.75) is 99.7 Å². The second kappa shape index (κ2) is 30.0. The minimum absolute atomic E-state index is 0.0126. The lowest BCUT2D eigenvalue weighted by molar-refractivity contribution is -0.147. The van der Waals surface area contributed by atoms with Crippen LogP contribution in [0.5, 0.6) is 0 Å². The molecule has 0 saturated carbocycles. The summed E-state index contributed by atoms with van der Waals surface area (Å²) in [6, 6.07) is 18.0. The van der Waals surface area contributed by atoms with Gasteiger partial charge in [0.2, 0.25) is 41.4 Å². The summed E-state index contributed by atoms with van der Waals surface area (Å²) >= 11 is 0. The van der Waals surface area contributed by atoms with Crippen molar-refractivity contribution in [3.63, 3.8) is 0 Å². The molecule has 4 aromatic carbocycles. The Labute approximate surface area is 439 Å². The van der Waals surface area contributed by atoms with E-state index in [1.807, 2.05) is 5.32 Å². The summed E-state index contributed by atoms with van der Waals surface area (Å²) < 4.78 is 0. The van der Waals surface area contributed by atoms with E-state index < -0.39 is 152 Å². The molecule has 8 atom stereocenters. The van der Waals surface area contributed by atoms with Gasteiger partial charge < -0.3 is 68.5 Å². The van der Waals surface area contributed by atoms with Crippen LogP contribution in [0.15, 0.2) is 121 Å². The third kappa shape index (κ3) is 21.1. The molecule has 408 valence electrons. The summed E-state index contributed by atoms with van der Waals surface area (Å²) in [7, 11) is 0. The summed E-state index contributed by atoms with van der Waals surface area (Å²) in [6.45, 7) is 0. The average molecular weight is 1070 g/mol. The van der Waals surface area contributed by atoms with E-state index in [4.69, 9.17) is 5.73 Å². The fourth-order valence-corrected chi connectivity index (χ4v) is 7.58. The van der Waals surface area contributed by atoms with Gasteiger partial charge in [-0.3, -0.25) is 52.7 Å². The van der Waals surface area contributed by atoms with E-state index in [2.05, 4.69) is 31.9 Å². The summed E-state index contributed by atoms with van der Waals surface area (Å²) in [5.41, 5.74) is 7.95. The maximum Gasteiger partial charge on any atom is 0.326 e. The van der Waals surface area contributed by atoms with E-state index in [1.165, 1.54) is 24.3 Å². The van der Waals surface area contributed by atoms with E-state index in [-0.39, 0.29) is 19.3 Å². The van der Waals surface area contributed by atoms with Crippen molar-refractivity contribution in [1.29, 1.82) is 0 Å². The van der Waals surface area contributed by atoms with E-state index >= 15 is 0 Å². The molecule has 0 unspecified atom stereocenters. The SMILES string of the molecule is N[C@@H](Cc1ccccc1)C(=O)N[C@@H](CC(=O)O)C(=O)N[C@@H](Cc1ccccc1)C(=O)N[C@@H](CC(=O)O)C(=O)N[C@@H](Cc1ccccc1)C(=O)N[C@@H](CC(=O)O)C(=O)N[C@@H](Cc1ccccc1)C(=O)N[C@@H](CC(=O)O)C(=O)O. The summed E-state index contributed by atoms with van der Waals surface area (Å²) in [6.07, 6.45) is -5.34. The second-order valence-corrected chi connectivity index (χ2v) is 17.5. The highest BCUT2D eigenvalue weighted by atomic mass is 16.4. The first-order valence-electron chi connectivity index (χ1n) is 23.7. The number of nitrogens with one attached hydrogen (secondary N) is 7. The number of nitrogens with two attached hydrogens (primary N) is 1. The molecule has 0 aliphatic heterocycles. The Morgan fingerprint density at radius 1 is 0.299 bits per heavy atom. The van der Waals surface area contributed by atoms with Gasteiger partial charge in [0, 0.05) is 19.3 Å². The highest BCUT2D eigenvalue weighted by Gasteiger charge is 2.36. The van der Waals surface area contributed by atoms with Crippen LogP contribution in [-0.4, -0.2) is 145 Å². The van der Waals surface area contributed by atoms with Crippen molar-refractivity contribution in [2.24, 2.45) is 5.73 Å². The molecule has 0 heterocycles. The first-order valence-corrected chi connectivity index (χ1v) is 23.7. The lowest BCUT2D eigenvalue weighted by Crippen LogP contribution is -2.61. The fraction of sp³-hybridized carbons (Fsp3) is 0.308. The Kier molecular flexibility index (Phi) is 23.4. The van der Waals surface area contributed by atoms with Crippen LogP contribution in [0.1, 0.15) is 47.9 Å². The van der Waals surface area contributed by atoms with Gasteiger partial charge in [-0.05, 0) is 28.7 Å². The van der Waals surface area contributed by atoms with Gasteiger partial charge in [0.15, 0.2) is 0 Å². The predicted octanol–water partition coefficient (Wildman–Crippen LogP) is -1.34. The van der Waals surface area contributed by atoms with Gasteiger partial charge >= 0.3 is 29.8 Å². The topological polar surface area (TPSA) is 416 Å². The molecule has 14 N–H and O–H groups in total. The number of rotatable bonds is 31. The molecule has 25 heteroatoms.